The lowest BCUT2D eigenvalue weighted by Crippen LogP contribution is -2.32. The zero-order valence-electron chi connectivity index (χ0n) is 8.74. The van der Waals surface area contributed by atoms with Gasteiger partial charge in [-0.1, -0.05) is 23.7 Å². The fraction of sp³-hybridized carbons (Fsp3) is 0.364. The Morgan fingerprint density at radius 2 is 2.13 bits per heavy atom. The Bertz CT molecular complexity index is 341. The quantitative estimate of drug-likeness (QED) is 0.854. The molecule has 1 amide bonds. The van der Waals surface area contributed by atoms with Crippen LogP contribution in [-0.2, 0) is 4.79 Å². The molecule has 3 nitrogen and oxygen atoms in total. The van der Waals surface area contributed by atoms with Crippen LogP contribution in [0.2, 0.25) is 5.02 Å². The van der Waals surface area contributed by atoms with E-state index in [1.54, 1.807) is 11.0 Å². The van der Waals surface area contributed by atoms with Gasteiger partial charge in [0.05, 0.1) is 10.7 Å². The van der Waals surface area contributed by atoms with Crippen molar-refractivity contribution < 1.29 is 4.79 Å². The predicted octanol–water partition coefficient (Wildman–Crippen LogP) is 2.04. The smallest absolute Gasteiger partial charge is 0.228 e. The van der Waals surface area contributed by atoms with Crippen molar-refractivity contribution in [3.8, 4) is 0 Å². The van der Waals surface area contributed by atoms with E-state index < -0.39 is 0 Å². The number of hydrogen-bond donors (Lipinski definition) is 1. The molecule has 1 rings (SSSR count). The molecule has 0 spiro atoms. The lowest BCUT2D eigenvalue weighted by molar-refractivity contribution is -0.118. The van der Waals surface area contributed by atoms with Crippen molar-refractivity contribution in [3.63, 3.8) is 0 Å². The molecule has 0 saturated heterocycles. The average molecular weight is 227 g/mol. The molecule has 0 unspecified atom stereocenters. The second kappa shape index (κ2) is 5.73. The first-order valence-electron chi connectivity index (χ1n) is 4.95. The molecule has 0 aliphatic rings. The zero-order chi connectivity index (χ0) is 11.3. The highest BCUT2D eigenvalue weighted by Gasteiger charge is 2.14. The minimum absolute atomic E-state index is 0.00750. The third-order valence-electron chi connectivity index (χ3n) is 2.12. The van der Waals surface area contributed by atoms with E-state index in [1.807, 2.05) is 25.1 Å². The van der Waals surface area contributed by atoms with Crippen molar-refractivity contribution in [1.82, 2.24) is 0 Å². The van der Waals surface area contributed by atoms with Gasteiger partial charge >= 0.3 is 0 Å². The van der Waals surface area contributed by atoms with Crippen LogP contribution in [0.5, 0.6) is 0 Å². The number of nitrogens with two attached hydrogens (primary N) is 1. The average Bonchev–Trinajstić information content (AvgIpc) is 2.22. The SMILES string of the molecule is CCN(C(=O)CCN)c1ccccc1Cl. The topological polar surface area (TPSA) is 46.3 Å². The van der Waals surface area contributed by atoms with Gasteiger partial charge in [-0.3, -0.25) is 4.79 Å². The molecule has 1 aromatic carbocycles. The van der Waals surface area contributed by atoms with Crippen LogP contribution in [-0.4, -0.2) is 19.0 Å². The van der Waals surface area contributed by atoms with Gasteiger partial charge in [0, 0.05) is 19.5 Å². The fourth-order valence-corrected chi connectivity index (χ4v) is 1.65. The first-order valence-corrected chi connectivity index (χ1v) is 5.33. The number of rotatable bonds is 4. The molecule has 0 radical (unpaired) electrons. The number of nitrogens with zero attached hydrogens (tertiary/aromatic N) is 1. The summed E-state index contributed by atoms with van der Waals surface area (Å²) in [6, 6.07) is 7.31. The largest absolute Gasteiger partial charge is 0.330 e. The van der Waals surface area contributed by atoms with Crippen LogP contribution in [0.25, 0.3) is 0 Å². The maximum absolute atomic E-state index is 11.7. The Balaban J connectivity index is 2.92. The molecule has 0 atom stereocenters. The highest BCUT2D eigenvalue weighted by atomic mass is 35.5. The van der Waals surface area contributed by atoms with Crippen LogP contribution < -0.4 is 10.6 Å². The van der Waals surface area contributed by atoms with Gasteiger partial charge in [0.2, 0.25) is 5.91 Å². The Labute approximate surface area is 94.8 Å². The Morgan fingerprint density at radius 1 is 1.47 bits per heavy atom. The molecule has 1 aromatic rings. The number of carbonyl (C=O) groups is 1. The maximum atomic E-state index is 11.7. The van der Waals surface area contributed by atoms with E-state index in [1.165, 1.54) is 0 Å². The van der Waals surface area contributed by atoms with Crippen molar-refractivity contribution in [1.29, 1.82) is 0 Å². The fourth-order valence-electron chi connectivity index (χ4n) is 1.41. The molecule has 0 fully saturated rings. The molecule has 0 aromatic heterocycles. The molecule has 0 aliphatic heterocycles. The normalized spacial score (nSPS) is 10.1. The second-order valence-electron chi connectivity index (χ2n) is 3.13. The second-order valence-corrected chi connectivity index (χ2v) is 3.54. The number of amides is 1. The van der Waals surface area contributed by atoms with Gasteiger partial charge in [-0.15, -0.1) is 0 Å². The molecule has 15 heavy (non-hydrogen) atoms. The molecular weight excluding hydrogens is 212 g/mol. The Kier molecular flexibility index (Phi) is 4.59. The third kappa shape index (κ3) is 2.94. The predicted molar refractivity (Wildman–Crippen MR) is 63.2 cm³/mol. The van der Waals surface area contributed by atoms with Gasteiger partial charge in [0.15, 0.2) is 0 Å². The van der Waals surface area contributed by atoms with Crippen LogP contribution in [0.3, 0.4) is 0 Å². The van der Waals surface area contributed by atoms with Crippen molar-refractivity contribution in [2.75, 3.05) is 18.0 Å². The molecule has 82 valence electrons. The first kappa shape index (κ1) is 12.0. The van der Waals surface area contributed by atoms with Gasteiger partial charge < -0.3 is 10.6 Å². The Morgan fingerprint density at radius 3 is 2.67 bits per heavy atom. The lowest BCUT2D eigenvalue weighted by Gasteiger charge is -2.21. The molecule has 0 aliphatic carbocycles. The van der Waals surface area contributed by atoms with Crippen LogP contribution in [0.4, 0.5) is 5.69 Å². The van der Waals surface area contributed by atoms with E-state index in [4.69, 9.17) is 17.3 Å². The van der Waals surface area contributed by atoms with Gasteiger partial charge in [-0.25, -0.2) is 0 Å². The van der Waals surface area contributed by atoms with E-state index >= 15 is 0 Å². The Hall–Kier alpha value is -1.06. The van der Waals surface area contributed by atoms with Crippen molar-refractivity contribution in [2.45, 2.75) is 13.3 Å². The summed E-state index contributed by atoms with van der Waals surface area (Å²) in [5, 5.41) is 0.588. The van der Waals surface area contributed by atoms with E-state index in [9.17, 15) is 4.79 Å². The summed E-state index contributed by atoms with van der Waals surface area (Å²) in [7, 11) is 0. The van der Waals surface area contributed by atoms with Crippen LogP contribution >= 0.6 is 11.6 Å². The van der Waals surface area contributed by atoms with Gasteiger partial charge in [-0.2, -0.15) is 0 Å². The van der Waals surface area contributed by atoms with Crippen LogP contribution in [0.15, 0.2) is 24.3 Å². The van der Waals surface area contributed by atoms with Crippen LogP contribution in [0, 0.1) is 0 Å². The summed E-state index contributed by atoms with van der Waals surface area (Å²) in [5.41, 5.74) is 6.11. The summed E-state index contributed by atoms with van der Waals surface area (Å²) in [4.78, 5) is 13.4. The monoisotopic (exact) mass is 226 g/mol. The molecule has 2 N–H and O–H groups in total. The minimum Gasteiger partial charge on any atom is -0.330 e. The molecule has 0 heterocycles. The van der Waals surface area contributed by atoms with E-state index in [-0.39, 0.29) is 5.91 Å². The van der Waals surface area contributed by atoms with Gasteiger partial charge in [0.25, 0.3) is 0 Å². The van der Waals surface area contributed by atoms with Crippen molar-refractivity contribution in [3.05, 3.63) is 29.3 Å². The van der Waals surface area contributed by atoms with E-state index in [0.29, 0.717) is 24.5 Å². The highest BCUT2D eigenvalue weighted by molar-refractivity contribution is 6.33. The summed E-state index contributed by atoms with van der Waals surface area (Å²) < 4.78 is 0. The summed E-state index contributed by atoms with van der Waals surface area (Å²) in [6.07, 6.45) is 0.346. The first-order chi connectivity index (χ1) is 7.20. The van der Waals surface area contributed by atoms with Gasteiger partial charge in [0.1, 0.15) is 0 Å². The standard InChI is InChI=1S/C11H15ClN2O/c1-2-14(11(15)7-8-13)10-6-4-3-5-9(10)12/h3-6H,2,7-8,13H2,1H3. The molecule has 0 bridgehead atoms. The molecule has 4 heteroatoms. The highest BCUT2D eigenvalue weighted by Crippen LogP contribution is 2.25. The number of carbonyl (C=O) groups excluding carboxylic acids is 1. The van der Waals surface area contributed by atoms with Gasteiger partial charge in [-0.05, 0) is 19.1 Å². The van der Waals surface area contributed by atoms with Crippen LogP contribution in [0.1, 0.15) is 13.3 Å². The number of halogens is 1. The summed E-state index contributed by atoms with van der Waals surface area (Å²) >= 11 is 6.02. The van der Waals surface area contributed by atoms with E-state index in [2.05, 4.69) is 0 Å². The number of para-hydroxylation sites is 1. The molecule has 0 saturated carbocycles. The van der Waals surface area contributed by atoms with E-state index in [0.717, 1.165) is 5.69 Å². The number of hydrogen-bond acceptors (Lipinski definition) is 2. The minimum atomic E-state index is 0.00750. The maximum Gasteiger partial charge on any atom is 0.228 e. The van der Waals surface area contributed by atoms with Crippen molar-refractivity contribution in [2.24, 2.45) is 5.73 Å². The van der Waals surface area contributed by atoms with Crippen molar-refractivity contribution >= 4 is 23.2 Å². The summed E-state index contributed by atoms with van der Waals surface area (Å²) in [5.74, 6) is 0.00750. The lowest BCUT2D eigenvalue weighted by atomic mass is 10.2. The molecular formula is C11H15ClN2O. The number of anilines is 1. The summed E-state index contributed by atoms with van der Waals surface area (Å²) in [6.45, 7) is 2.88. The third-order valence-corrected chi connectivity index (χ3v) is 2.44. The zero-order valence-corrected chi connectivity index (χ0v) is 9.50. The number of benzene rings is 1.